The molecule has 0 saturated heterocycles. The highest BCUT2D eigenvalue weighted by Crippen LogP contribution is 2.28. The first-order valence-electron chi connectivity index (χ1n) is 6.62. The zero-order valence-electron chi connectivity index (χ0n) is 11.7. The smallest absolute Gasteiger partial charge is 0.171 e. The molecule has 1 aromatic heterocycles. The number of nitrogens with two attached hydrogens (primary N) is 1. The summed E-state index contributed by atoms with van der Waals surface area (Å²) in [5, 5.41) is 8.98. The molecule has 1 heterocycles. The number of hydrogen-bond acceptors (Lipinski definition) is 4. The van der Waals surface area contributed by atoms with Crippen LogP contribution in [0, 0.1) is 18.3 Å². The summed E-state index contributed by atoms with van der Waals surface area (Å²) in [6, 6.07) is 11.0. The van der Waals surface area contributed by atoms with Crippen LogP contribution in [0.1, 0.15) is 36.3 Å². The molecule has 4 heteroatoms. The third kappa shape index (κ3) is 3.01. The van der Waals surface area contributed by atoms with E-state index >= 15 is 0 Å². The van der Waals surface area contributed by atoms with E-state index in [0.29, 0.717) is 17.1 Å². The van der Waals surface area contributed by atoms with Crippen LogP contribution in [0.15, 0.2) is 41.0 Å². The van der Waals surface area contributed by atoms with Gasteiger partial charge in [0.15, 0.2) is 6.10 Å². The summed E-state index contributed by atoms with van der Waals surface area (Å²) in [5.41, 5.74) is 7.65. The lowest BCUT2D eigenvalue weighted by molar-refractivity contribution is 0.144. The van der Waals surface area contributed by atoms with Crippen molar-refractivity contribution in [2.24, 2.45) is 5.73 Å². The van der Waals surface area contributed by atoms with Crippen molar-refractivity contribution >= 4 is 0 Å². The Morgan fingerprint density at radius 1 is 1.40 bits per heavy atom. The molecular formula is C16H18N2O2. The number of furan rings is 1. The zero-order valence-corrected chi connectivity index (χ0v) is 11.7. The molecular weight excluding hydrogens is 252 g/mol. The van der Waals surface area contributed by atoms with Gasteiger partial charge in [0.1, 0.15) is 11.5 Å². The van der Waals surface area contributed by atoms with E-state index in [1.807, 2.05) is 32.0 Å². The lowest BCUT2D eigenvalue weighted by atomic mass is 10.1. The van der Waals surface area contributed by atoms with Crippen LogP contribution < -0.4 is 10.5 Å². The molecule has 2 unspecified atom stereocenters. The van der Waals surface area contributed by atoms with E-state index in [4.69, 9.17) is 20.1 Å². The van der Waals surface area contributed by atoms with Crippen molar-refractivity contribution in [1.82, 2.24) is 0 Å². The monoisotopic (exact) mass is 270 g/mol. The summed E-state index contributed by atoms with van der Waals surface area (Å²) in [7, 11) is 0. The Morgan fingerprint density at radius 3 is 2.80 bits per heavy atom. The van der Waals surface area contributed by atoms with E-state index in [2.05, 4.69) is 6.07 Å². The van der Waals surface area contributed by atoms with Crippen LogP contribution in [-0.4, -0.2) is 6.04 Å². The fourth-order valence-corrected chi connectivity index (χ4v) is 1.96. The van der Waals surface area contributed by atoms with Crippen LogP contribution in [0.5, 0.6) is 5.75 Å². The van der Waals surface area contributed by atoms with Crippen molar-refractivity contribution < 1.29 is 9.15 Å². The summed E-state index contributed by atoms with van der Waals surface area (Å²) in [6.07, 6.45) is 2.01. The van der Waals surface area contributed by atoms with Crippen molar-refractivity contribution in [2.75, 3.05) is 0 Å². The second-order valence-corrected chi connectivity index (χ2v) is 4.72. The summed E-state index contributed by atoms with van der Waals surface area (Å²) in [5.74, 6) is 1.36. The molecule has 2 atom stereocenters. The van der Waals surface area contributed by atoms with Gasteiger partial charge in [0.25, 0.3) is 0 Å². The number of hydrogen-bond donors (Lipinski definition) is 1. The van der Waals surface area contributed by atoms with Crippen molar-refractivity contribution in [1.29, 1.82) is 5.26 Å². The number of aryl methyl sites for hydroxylation is 1. The van der Waals surface area contributed by atoms with E-state index in [1.165, 1.54) is 0 Å². The van der Waals surface area contributed by atoms with Gasteiger partial charge in [-0.05, 0) is 43.2 Å². The van der Waals surface area contributed by atoms with Crippen molar-refractivity contribution in [3.05, 3.63) is 53.5 Å². The molecule has 0 aliphatic carbocycles. The summed E-state index contributed by atoms with van der Waals surface area (Å²) in [4.78, 5) is 0. The van der Waals surface area contributed by atoms with Crippen LogP contribution in [0.4, 0.5) is 0 Å². The normalized spacial score (nSPS) is 13.5. The molecule has 20 heavy (non-hydrogen) atoms. The predicted octanol–water partition coefficient (Wildman–Crippen LogP) is 3.32. The second-order valence-electron chi connectivity index (χ2n) is 4.72. The molecule has 0 fully saturated rings. The van der Waals surface area contributed by atoms with Crippen LogP contribution in [0.25, 0.3) is 0 Å². The summed E-state index contributed by atoms with van der Waals surface area (Å²) in [6.45, 7) is 3.94. The Balaban J connectivity index is 2.31. The number of nitrogens with zero attached hydrogens (tertiary/aromatic N) is 1. The lowest BCUT2D eigenvalue weighted by Gasteiger charge is -2.23. The number of nitriles is 1. The van der Waals surface area contributed by atoms with E-state index in [1.54, 1.807) is 18.4 Å². The number of ether oxygens (including phenoxy) is 1. The topological polar surface area (TPSA) is 72.2 Å². The van der Waals surface area contributed by atoms with Crippen molar-refractivity contribution in [2.45, 2.75) is 32.4 Å². The fourth-order valence-electron chi connectivity index (χ4n) is 1.96. The molecule has 2 aromatic rings. The fraction of sp³-hybridized carbons (Fsp3) is 0.312. The quantitative estimate of drug-likeness (QED) is 0.904. The largest absolute Gasteiger partial charge is 0.481 e. The van der Waals surface area contributed by atoms with Crippen LogP contribution in [0.2, 0.25) is 0 Å². The Bertz CT molecular complexity index is 599. The average Bonchev–Trinajstić information content (AvgIpc) is 2.99. The summed E-state index contributed by atoms with van der Waals surface area (Å²) < 4.78 is 11.4. The Labute approximate surface area is 118 Å². The third-order valence-corrected chi connectivity index (χ3v) is 3.26. The van der Waals surface area contributed by atoms with E-state index in [9.17, 15) is 0 Å². The SMILES string of the molecule is CCC(N)C(Oc1cc(C#N)ccc1C)c1ccco1. The maximum atomic E-state index is 8.98. The van der Waals surface area contributed by atoms with Gasteiger partial charge in [0.2, 0.25) is 0 Å². The maximum Gasteiger partial charge on any atom is 0.171 e. The van der Waals surface area contributed by atoms with Gasteiger partial charge in [-0.25, -0.2) is 0 Å². The van der Waals surface area contributed by atoms with Crippen molar-refractivity contribution in [3.8, 4) is 11.8 Å². The third-order valence-electron chi connectivity index (χ3n) is 3.26. The van der Waals surface area contributed by atoms with Gasteiger partial charge in [0, 0.05) is 6.04 Å². The molecule has 0 aliphatic rings. The molecule has 2 rings (SSSR count). The second kappa shape index (κ2) is 6.27. The minimum Gasteiger partial charge on any atom is -0.481 e. The lowest BCUT2D eigenvalue weighted by Crippen LogP contribution is -2.31. The van der Waals surface area contributed by atoms with Crippen molar-refractivity contribution in [3.63, 3.8) is 0 Å². The van der Waals surface area contributed by atoms with E-state index in [-0.39, 0.29) is 12.1 Å². The Kier molecular flexibility index (Phi) is 4.44. The number of benzene rings is 1. The molecule has 1 aromatic carbocycles. The maximum absolute atomic E-state index is 8.98. The van der Waals surface area contributed by atoms with Gasteiger partial charge in [-0.3, -0.25) is 0 Å². The number of rotatable bonds is 5. The molecule has 2 N–H and O–H groups in total. The first kappa shape index (κ1) is 14.2. The van der Waals surface area contributed by atoms with Crippen LogP contribution in [-0.2, 0) is 0 Å². The Hall–Kier alpha value is -2.25. The van der Waals surface area contributed by atoms with Gasteiger partial charge in [-0.1, -0.05) is 13.0 Å². The molecule has 4 nitrogen and oxygen atoms in total. The molecule has 0 spiro atoms. The van der Waals surface area contributed by atoms with Gasteiger partial charge >= 0.3 is 0 Å². The highest BCUT2D eigenvalue weighted by molar-refractivity contribution is 5.42. The zero-order chi connectivity index (χ0) is 14.5. The highest BCUT2D eigenvalue weighted by atomic mass is 16.5. The summed E-state index contributed by atoms with van der Waals surface area (Å²) >= 11 is 0. The average molecular weight is 270 g/mol. The molecule has 0 radical (unpaired) electrons. The van der Waals surface area contributed by atoms with Gasteiger partial charge in [-0.15, -0.1) is 0 Å². The van der Waals surface area contributed by atoms with Gasteiger partial charge in [-0.2, -0.15) is 5.26 Å². The minimum absolute atomic E-state index is 0.175. The predicted molar refractivity (Wildman–Crippen MR) is 76.2 cm³/mol. The molecule has 0 saturated carbocycles. The minimum atomic E-state index is -0.359. The molecule has 104 valence electrons. The van der Waals surface area contributed by atoms with E-state index in [0.717, 1.165) is 12.0 Å². The molecule has 0 aliphatic heterocycles. The first-order valence-corrected chi connectivity index (χ1v) is 6.62. The van der Waals surface area contributed by atoms with Crippen LogP contribution >= 0.6 is 0 Å². The molecule has 0 amide bonds. The Morgan fingerprint density at radius 2 is 2.20 bits per heavy atom. The standard InChI is InChI=1S/C16H18N2O2/c1-3-13(18)16(14-5-4-8-19-14)20-15-9-12(10-17)7-6-11(15)2/h4-9,13,16H,3,18H2,1-2H3. The van der Waals surface area contributed by atoms with E-state index < -0.39 is 0 Å². The molecule has 0 bridgehead atoms. The highest BCUT2D eigenvalue weighted by Gasteiger charge is 2.23. The van der Waals surface area contributed by atoms with Gasteiger partial charge < -0.3 is 14.9 Å². The first-order chi connectivity index (χ1) is 9.65. The van der Waals surface area contributed by atoms with Crippen LogP contribution in [0.3, 0.4) is 0 Å². The van der Waals surface area contributed by atoms with Gasteiger partial charge in [0.05, 0.1) is 17.9 Å².